The van der Waals surface area contributed by atoms with Gasteiger partial charge in [-0.3, -0.25) is 4.99 Å². The Morgan fingerprint density at radius 2 is 2.36 bits per heavy atom. The Balaban J connectivity index is 1.87. The van der Waals surface area contributed by atoms with Crippen LogP contribution in [0.4, 0.5) is 5.82 Å². The first-order chi connectivity index (χ1) is 10.5. The Kier molecular flexibility index (Phi) is 3.57. The van der Waals surface area contributed by atoms with Gasteiger partial charge in [0, 0.05) is 22.3 Å². The Bertz CT molecular complexity index is 786. The number of carbonyl (C=O) groups is 1. The molecule has 0 aliphatic carbocycles. The first kappa shape index (κ1) is 14.5. The molecule has 8 nitrogen and oxygen atoms in total. The molecule has 9 heteroatoms. The molecule has 2 aromatic rings. The van der Waals surface area contributed by atoms with Crippen molar-refractivity contribution in [3.8, 4) is 0 Å². The molecule has 0 saturated heterocycles. The molecule has 4 N–H and O–H groups in total. The maximum absolute atomic E-state index is 11.4. The van der Waals surface area contributed by atoms with Gasteiger partial charge in [0.1, 0.15) is 11.3 Å². The Labute approximate surface area is 129 Å². The number of nitrogen functional groups attached to an aromatic ring is 1. The van der Waals surface area contributed by atoms with Crippen LogP contribution in [0.3, 0.4) is 0 Å². The highest BCUT2D eigenvalue weighted by Gasteiger charge is 2.38. The van der Waals surface area contributed by atoms with E-state index in [9.17, 15) is 9.90 Å². The van der Waals surface area contributed by atoms with Crippen LogP contribution in [-0.4, -0.2) is 49.5 Å². The van der Waals surface area contributed by atoms with Gasteiger partial charge in [0.15, 0.2) is 6.04 Å². The highest BCUT2D eigenvalue weighted by atomic mass is 32.2. The summed E-state index contributed by atoms with van der Waals surface area (Å²) >= 11 is 1.46. The number of aromatic amines is 1. The van der Waals surface area contributed by atoms with Crippen molar-refractivity contribution in [1.82, 2.24) is 20.4 Å². The zero-order chi connectivity index (χ0) is 15.7. The van der Waals surface area contributed by atoms with Crippen LogP contribution >= 0.6 is 11.8 Å². The summed E-state index contributed by atoms with van der Waals surface area (Å²) in [5.74, 6) is -0.0750. The number of pyridine rings is 1. The van der Waals surface area contributed by atoms with Crippen molar-refractivity contribution >= 4 is 40.9 Å². The van der Waals surface area contributed by atoms with Gasteiger partial charge >= 0.3 is 5.97 Å². The number of nitrogens with two attached hydrogens (primary N) is 1. The summed E-state index contributed by atoms with van der Waals surface area (Å²) in [6, 6.07) is 0.904. The van der Waals surface area contributed by atoms with Gasteiger partial charge in [0.05, 0.1) is 0 Å². The van der Waals surface area contributed by atoms with Gasteiger partial charge in [0.25, 0.3) is 0 Å². The number of hydrogen-bond acceptors (Lipinski definition) is 7. The maximum Gasteiger partial charge on any atom is 0.329 e. The number of thioether (sulfide) groups is 1. The number of allylic oxidation sites excluding steroid dienone is 1. The first-order valence-electron chi connectivity index (χ1n) is 6.53. The third-order valence-corrected chi connectivity index (χ3v) is 4.86. The van der Waals surface area contributed by atoms with Crippen molar-refractivity contribution < 1.29 is 9.90 Å². The van der Waals surface area contributed by atoms with Crippen LogP contribution in [0.2, 0.25) is 0 Å². The molecule has 1 aliphatic rings. The zero-order valence-electron chi connectivity index (χ0n) is 11.7. The number of fused-ring (bicyclic) bond motifs is 1. The largest absolute Gasteiger partial charge is 0.480 e. The van der Waals surface area contributed by atoms with Crippen molar-refractivity contribution in [2.24, 2.45) is 10.4 Å². The second kappa shape index (κ2) is 5.41. The summed E-state index contributed by atoms with van der Waals surface area (Å²) in [5, 5.41) is 19.8. The smallest absolute Gasteiger partial charge is 0.329 e. The number of carboxylic acids is 1. The fourth-order valence-electron chi connectivity index (χ4n) is 2.30. The molecule has 2 unspecified atom stereocenters. The Morgan fingerprint density at radius 1 is 1.55 bits per heavy atom. The molecule has 0 bridgehead atoms. The van der Waals surface area contributed by atoms with E-state index < -0.39 is 17.4 Å². The molecule has 3 heterocycles. The number of anilines is 1. The van der Waals surface area contributed by atoms with E-state index in [1.54, 1.807) is 12.1 Å². The van der Waals surface area contributed by atoms with Crippen molar-refractivity contribution in [3.05, 3.63) is 18.2 Å². The minimum atomic E-state index is -0.940. The number of dihydropyridines is 1. The molecular weight excluding hydrogens is 304 g/mol. The number of rotatable bonds is 4. The predicted molar refractivity (Wildman–Crippen MR) is 84.0 cm³/mol. The van der Waals surface area contributed by atoms with E-state index in [2.05, 4.69) is 25.4 Å². The maximum atomic E-state index is 11.4. The van der Waals surface area contributed by atoms with E-state index in [-0.39, 0.29) is 0 Å². The molecule has 0 fully saturated rings. The lowest BCUT2D eigenvalue weighted by molar-refractivity contribution is -0.140. The minimum absolute atomic E-state index is 0.348. The Morgan fingerprint density at radius 3 is 3.14 bits per heavy atom. The highest BCUT2D eigenvalue weighted by molar-refractivity contribution is 7.99. The highest BCUT2D eigenvalue weighted by Crippen LogP contribution is 2.37. The number of carboxylic acid groups (broad SMARTS) is 1. The summed E-state index contributed by atoms with van der Waals surface area (Å²) in [7, 11) is 0. The van der Waals surface area contributed by atoms with Crippen LogP contribution in [-0.2, 0) is 4.79 Å². The summed E-state index contributed by atoms with van der Waals surface area (Å²) in [4.78, 5) is 20.3. The fourth-order valence-corrected chi connectivity index (χ4v) is 3.50. The lowest BCUT2D eigenvalue weighted by atomic mass is 9.83. The second-order valence-corrected chi connectivity index (χ2v) is 6.25. The number of aliphatic carboxylic acids is 1. The third kappa shape index (κ3) is 2.54. The van der Waals surface area contributed by atoms with Gasteiger partial charge in [0.2, 0.25) is 5.65 Å². The number of nitrogens with one attached hydrogen (secondary N) is 1. The van der Waals surface area contributed by atoms with Crippen LogP contribution in [0, 0.1) is 5.41 Å². The normalized spacial score (nSPS) is 24.0. The van der Waals surface area contributed by atoms with Crippen LogP contribution in [0.5, 0.6) is 0 Å². The molecule has 22 heavy (non-hydrogen) atoms. The monoisotopic (exact) mass is 318 g/mol. The molecule has 0 amide bonds. The molecule has 2 atom stereocenters. The second-order valence-electron chi connectivity index (χ2n) is 5.23. The SMILES string of the molecule is CC1(CSc2cc(N)nc3n[nH]nc23)C=CC=NC1C(=O)O. The van der Waals surface area contributed by atoms with Crippen molar-refractivity contribution in [1.29, 1.82) is 0 Å². The quantitative estimate of drug-likeness (QED) is 0.720. The average molecular weight is 318 g/mol. The number of nitrogens with zero attached hydrogens (tertiary/aromatic N) is 4. The fraction of sp³-hybridized carbons (Fsp3) is 0.308. The van der Waals surface area contributed by atoms with E-state index in [0.717, 1.165) is 4.90 Å². The molecule has 2 aromatic heterocycles. The summed E-state index contributed by atoms with van der Waals surface area (Å²) in [5.41, 5.74) is 6.23. The topological polar surface area (TPSA) is 130 Å². The summed E-state index contributed by atoms with van der Waals surface area (Å²) in [6.07, 6.45) is 5.16. The molecule has 0 radical (unpaired) electrons. The van der Waals surface area contributed by atoms with Gasteiger partial charge in [-0.15, -0.1) is 16.9 Å². The molecule has 3 rings (SSSR count). The van der Waals surface area contributed by atoms with Crippen LogP contribution < -0.4 is 5.73 Å². The molecule has 114 valence electrons. The molecule has 0 spiro atoms. The minimum Gasteiger partial charge on any atom is -0.480 e. The number of aromatic nitrogens is 4. The van der Waals surface area contributed by atoms with E-state index in [0.29, 0.717) is 22.7 Å². The van der Waals surface area contributed by atoms with Crippen molar-refractivity contribution in [2.75, 3.05) is 11.5 Å². The van der Waals surface area contributed by atoms with Gasteiger partial charge < -0.3 is 10.8 Å². The first-order valence-corrected chi connectivity index (χ1v) is 7.52. The van der Waals surface area contributed by atoms with Crippen LogP contribution in [0.25, 0.3) is 11.2 Å². The Hall–Kier alpha value is -2.42. The summed E-state index contributed by atoms with van der Waals surface area (Å²) < 4.78 is 0. The number of hydrogen-bond donors (Lipinski definition) is 3. The third-order valence-electron chi connectivity index (χ3n) is 3.47. The summed E-state index contributed by atoms with van der Waals surface area (Å²) in [6.45, 7) is 1.87. The van der Waals surface area contributed by atoms with Crippen molar-refractivity contribution in [3.63, 3.8) is 0 Å². The van der Waals surface area contributed by atoms with Crippen LogP contribution in [0.1, 0.15) is 6.92 Å². The number of H-pyrrole nitrogens is 1. The van der Waals surface area contributed by atoms with Gasteiger partial charge in [-0.2, -0.15) is 10.3 Å². The van der Waals surface area contributed by atoms with Gasteiger partial charge in [-0.1, -0.05) is 13.0 Å². The molecule has 0 aromatic carbocycles. The lowest BCUT2D eigenvalue weighted by Crippen LogP contribution is -2.39. The van der Waals surface area contributed by atoms with E-state index in [1.807, 2.05) is 13.0 Å². The number of aliphatic imine (C=N–C) groups is 1. The van der Waals surface area contributed by atoms with E-state index >= 15 is 0 Å². The van der Waals surface area contributed by atoms with E-state index in [4.69, 9.17) is 5.73 Å². The van der Waals surface area contributed by atoms with Crippen LogP contribution in [0.15, 0.2) is 28.1 Å². The van der Waals surface area contributed by atoms with Gasteiger partial charge in [-0.05, 0) is 12.1 Å². The van der Waals surface area contributed by atoms with Crippen molar-refractivity contribution in [2.45, 2.75) is 17.9 Å². The molecule has 0 saturated carbocycles. The zero-order valence-corrected chi connectivity index (χ0v) is 12.5. The predicted octanol–water partition coefficient (Wildman–Crippen LogP) is 1.13. The van der Waals surface area contributed by atoms with Gasteiger partial charge in [-0.25, -0.2) is 9.78 Å². The van der Waals surface area contributed by atoms with E-state index in [1.165, 1.54) is 18.0 Å². The average Bonchev–Trinajstić information content (AvgIpc) is 2.93. The molecule has 1 aliphatic heterocycles. The molecular formula is C13H14N6O2S. The standard InChI is InChI=1S/C13H14N6O2S/c1-13(3-2-4-15-10(13)12(20)21)6-22-7-5-8(14)16-11-9(7)17-19-18-11/h2-5,10H,6H2,1H3,(H,20,21)(H3,14,16,17,18,19). The lowest BCUT2D eigenvalue weighted by Gasteiger charge is -2.31.